The van der Waals surface area contributed by atoms with E-state index in [9.17, 15) is 4.79 Å². The zero-order valence-electron chi connectivity index (χ0n) is 13.4. The number of carbonyl (C=O) groups is 1. The van der Waals surface area contributed by atoms with Crippen LogP contribution in [0.25, 0.3) is 0 Å². The number of rotatable bonds is 5. The Morgan fingerprint density at radius 3 is 2.52 bits per heavy atom. The second-order valence-corrected chi connectivity index (χ2v) is 6.28. The molecule has 2 aromatic rings. The Labute approximate surface area is 137 Å². The van der Waals surface area contributed by atoms with E-state index < -0.39 is 0 Å². The van der Waals surface area contributed by atoms with Crippen molar-refractivity contribution in [2.45, 2.75) is 32.0 Å². The molecule has 0 aliphatic carbocycles. The van der Waals surface area contributed by atoms with Crippen molar-refractivity contribution < 1.29 is 4.79 Å². The molecular formula is C19H23N3O. The summed E-state index contributed by atoms with van der Waals surface area (Å²) in [5.41, 5.74) is 8.20. The molecule has 1 fully saturated rings. The minimum Gasteiger partial charge on any atom is -0.381 e. The fourth-order valence-corrected chi connectivity index (χ4v) is 3.21. The number of amides is 1. The summed E-state index contributed by atoms with van der Waals surface area (Å²) in [5, 5.41) is 3.56. The molecule has 0 aromatic heterocycles. The van der Waals surface area contributed by atoms with E-state index in [1.807, 2.05) is 12.1 Å². The van der Waals surface area contributed by atoms with Crippen molar-refractivity contribution in [2.24, 2.45) is 5.73 Å². The van der Waals surface area contributed by atoms with Crippen LogP contribution in [0.5, 0.6) is 0 Å². The highest BCUT2D eigenvalue weighted by Crippen LogP contribution is 2.23. The average molecular weight is 309 g/mol. The number of likely N-dealkylation sites (tertiary alicyclic amines) is 1. The molecular weight excluding hydrogens is 286 g/mol. The average Bonchev–Trinajstić information content (AvgIpc) is 2.88. The highest BCUT2D eigenvalue weighted by molar-refractivity contribution is 5.93. The highest BCUT2D eigenvalue weighted by atomic mass is 16.1. The largest absolute Gasteiger partial charge is 0.381 e. The summed E-state index contributed by atoms with van der Waals surface area (Å²) in [6.07, 6.45) is 1.12. The smallest absolute Gasteiger partial charge is 0.248 e. The molecule has 3 N–H and O–H groups in total. The maximum absolute atomic E-state index is 11.1. The van der Waals surface area contributed by atoms with E-state index >= 15 is 0 Å². The Morgan fingerprint density at radius 2 is 1.87 bits per heavy atom. The molecule has 2 atom stereocenters. The maximum atomic E-state index is 11.1. The third kappa shape index (κ3) is 3.90. The SMILES string of the molecule is C[C@H]1C[C@@H](Nc2ccc(C(N)=O)cc2)CN1Cc1ccccc1. The van der Waals surface area contributed by atoms with Crippen LogP contribution < -0.4 is 11.1 Å². The molecule has 23 heavy (non-hydrogen) atoms. The van der Waals surface area contributed by atoms with Crippen LogP contribution in [-0.4, -0.2) is 29.4 Å². The van der Waals surface area contributed by atoms with E-state index in [2.05, 4.69) is 47.5 Å². The first-order valence-electron chi connectivity index (χ1n) is 8.06. The lowest BCUT2D eigenvalue weighted by atomic mass is 10.1. The number of primary amides is 1. The summed E-state index contributed by atoms with van der Waals surface area (Å²) in [4.78, 5) is 13.6. The Bertz CT molecular complexity index is 654. The molecule has 1 aliphatic heterocycles. The van der Waals surface area contributed by atoms with Gasteiger partial charge in [-0.05, 0) is 43.2 Å². The van der Waals surface area contributed by atoms with Gasteiger partial charge in [-0.3, -0.25) is 9.69 Å². The summed E-state index contributed by atoms with van der Waals surface area (Å²) in [6, 6.07) is 18.9. The Kier molecular flexibility index (Phi) is 4.63. The van der Waals surface area contributed by atoms with Crippen LogP contribution in [0.1, 0.15) is 29.3 Å². The predicted octanol–water partition coefficient (Wildman–Crippen LogP) is 2.86. The second-order valence-electron chi connectivity index (χ2n) is 6.28. The van der Waals surface area contributed by atoms with Crippen LogP contribution >= 0.6 is 0 Å². The van der Waals surface area contributed by atoms with E-state index in [1.54, 1.807) is 12.1 Å². The van der Waals surface area contributed by atoms with Crippen molar-refractivity contribution in [1.82, 2.24) is 4.90 Å². The van der Waals surface area contributed by atoms with Gasteiger partial charge >= 0.3 is 0 Å². The van der Waals surface area contributed by atoms with Crippen molar-refractivity contribution in [2.75, 3.05) is 11.9 Å². The summed E-state index contributed by atoms with van der Waals surface area (Å²) < 4.78 is 0. The lowest BCUT2D eigenvalue weighted by Gasteiger charge is -2.21. The first-order valence-corrected chi connectivity index (χ1v) is 8.06. The number of nitrogens with one attached hydrogen (secondary N) is 1. The highest BCUT2D eigenvalue weighted by Gasteiger charge is 2.28. The summed E-state index contributed by atoms with van der Waals surface area (Å²) in [5.74, 6) is -0.389. The number of carbonyl (C=O) groups excluding carboxylic acids is 1. The fraction of sp³-hybridized carbons (Fsp3) is 0.316. The van der Waals surface area contributed by atoms with Gasteiger partial charge in [0, 0.05) is 36.4 Å². The van der Waals surface area contributed by atoms with Gasteiger partial charge in [0.2, 0.25) is 5.91 Å². The molecule has 4 heteroatoms. The Hall–Kier alpha value is -2.33. The summed E-state index contributed by atoms with van der Waals surface area (Å²) in [6.45, 7) is 4.29. The molecule has 0 radical (unpaired) electrons. The minimum atomic E-state index is -0.389. The van der Waals surface area contributed by atoms with Gasteiger partial charge in [-0.1, -0.05) is 30.3 Å². The number of nitrogens with two attached hydrogens (primary N) is 1. The van der Waals surface area contributed by atoms with Crippen LogP contribution in [0.2, 0.25) is 0 Å². The Balaban J connectivity index is 1.59. The topological polar surface area (TPSA) is 58.4 Å². The van der Waals surface area contributed by atoms with E-state index in [4.69, 9.17) is 5.73 Å². The first-order chi connectivity index (χ1) is 11.1. The number of hydrogen-bond acceptors (Lipinski definition) is 3. The molecule has 1 amide bonds. The molecule has 4 nitrogen and oxygen atoms in total. The van der Waals surface area contributed by atoms with Gasteiger partial charge in [-0.25, -0.2) is 0 Å². The van der Waals surface area contributed by atoms with E-state index in [0.717, 1.165) is 25.2 Å². The lowest BCUT2D eigenvalue weighted by molar-refractivity contribution is 0.100. The quantitative estimate of drug-likeness (QED) is 0.893. The number of hydrogen-bond donors (Lipinski definition) is 2. The molecule has 120 valence electrons. The molecule has 2 aromatic carbocycles. The molecule has 0 spiro atoms. The predicted molar refractivity (Wildman–Crippen MR) is 93.3 cm³/mol. The number of benzene rings is 2. The van der Waals surface area contributed by atoms with Crippen molar-refractivity contribution in [1.29, 1.82) is 0 Å². The molecule has 1 aliphatic rings. The van der Waals surface area contributed by atoms with Gasteiger partial charge in [-0.2, -0.15) is 0 Å². The monoisotopic (exact) mass is 309 g/mol. The standard InChI is InChI=1S/C19H23N3O/c1-14-11-18(13-22(14)12-15-5-3-2-4-6-15)21-17-9-7-16(8-10-17)19(20)23/h2-10,14,18,21H,11-13H2,1H3,(H2,20,23)/t14-,18+/m0/s1. The Morgan fingerprint density at radius 1 is 1.17 bits per heavy atom. The van der Waals surface area contributed by atoms with Gasteiger partial charge in [0.25, 0.3) is 0 Å². The van der Waals surface area contributed by atoms with Crippen LogP contribution in [-0.2, 0) is 6.54 Å². The molecule has 3 rings (SSSR count). The van der Waals surface area contributed by atoms with Crippen LogP contribution in [0.15, 0.2) is 54.6 Å². The van der Waals surface area contributed by atoms with E-state index in [-0.39, 0.29) is 5.91 Å². The van der Waals surface area contributed by atoms with Crippen LogP contribution in [0.3, 0.4) is 0 Å². The normalized spacial score (nSPS) is 21.3. The van der Waals surface area contributed by atoms with Gasteiger partial charge in [0.1, 0.15) is 0 Å². The van der Waals surface area contributed by atoms with Gasteiger partial charge in [0.15, 0.2) is 0 Å². The minimum absolute atomic E-state index is 0.389. The third-order valence-electron chi connectivity index (χ3n) is 4.47. The number of nitrogens with zero attached hydrogens (tertiary/aromatic N) is 1. The first kappa shape index (κ1) is 15.6. The van der Waals surface area contributed by atoms with Crippen LogP contribution in [0, 0.1) is 0 Å². The van der Waals surface area contributed by atoms with Crippen molar-refractivity contribution in [3.8, 4) is 0 Å². The van der Waals surface area contributed by atoms with Crippen LogP contribution in [0.4, 0.5) is 5.69 Å². The molecule has 1 saturated heterocycles. The van der Waals surface area contributed by atoms with Gasteiger partial charge in [-0.15, -0.1) is 0 Å². The summed E-state index contributed by atoms with van der Waals surface area (Å²) in [7, 11) is 0. The molecule has 1 heterocycles. The number of anilines is 1. The van der Waals surface area contributed by atoms with Crippen molar-refractivity contribution in [3.05, 3.63) is 65.7 Å². The van der Waals surface area contributed by atoms with Crippen molar-refractivity contribution in [3.63, 3.8) is 0 Å². The second kappa shape index (κ2) is 6.84. The van der Waals surface area contributed by atoms with Gasteiger partial charge < -0.3 is 11.1 Å². The zero-order chi connectivity index (χ0) is 16.2. The van der Waals surface area contributed by atoms with Gasteiger partial charge in [0.05, 0.1) is 0 Å². The molecule has 0 bridgehead atoms. The third-order valence-corrected chi connectivity index (χ3v) is 4.47. The molecule has 0 saturated carbocycles. The van der Waals surface area contributed by atoms with E-state index in [0.29, 0.717) is 17.6 Å². The van der Waals surface area contributed by atoms with E-state index in [1.165, 1.54) is 5.56 Å². The molecule has 0 unspecified atom stereocenters. The lowest BCUT2D eigenvalue weighted by Crippen LogP contribution is -2.28. The maximum Gasteiger partial charge on any atom is 0.248 e. The van der Waals surface area contributed by atoms with Crippen molar-refractivity contribution >= 4 is 11.6 Å². The summed E-state index contributed by atoms with van der Waals surface area (Å²) >= 11 is 0. The zero-order valence-corrected chi connectivity index (χ0v) is 13.4. The fourth-order valence-electron chi connectivity index (χ4n) is 3.21.